The van der Waals surface area contributed by atoms with E-state index in [2.05, 4.69) is 16.7 Å². The minimum atomic E-state index is -0.322. The molecule has 2 aromatic carbocycles. The maximum atomic E-state index is 13.7. The van der Waals surface area contributed by atoms with E-state index in [1.165, 1.54) is 4.90 Å². The predicted octanol–water partition coefficient (Wildman–Crippen LogP) is 3.97. The summed E-state index contributed by atoms with van der Waals surface area (Å²) in [6.45, 7) is 10.5. The number of amides is 2. The van der Waals surface area contributed by atoms with E-state index in [1.807, 2.05) is 38.1 Å². The monoisotopic (exact) mass is 453 g/mol. The van der Waals surface area contributed by atoms with Crippen LogP contribution in [0.4, 0.5) is 5.69 Å². The minimum absolute atomic E-state index is 0.297. The quantitative estimate of drug-likeness (QED) is 0.619. The first-order valence-corrected chi connectivity index (χ1v) is 11.4. The number of carbonyl (C=O) groups excluding carboxylic acids is 2. The van der Waals surface area contributed by atoms with Crippen LogP contribution in [0.2, 0.25) is 5.02 Å². The van der Waals surface area contributed by atoms with Crippen molar-refractivity contribution < 1.29 is 14.3 Å². The number of ether oxygens (including phenoxy) is 1. The lowest BCUT2D eigenvalue weighted by molar-refractivity contribution is -0.120. The van der Waals surface area contributed by atoms with Crippen LogP contribution in [0.3, 0.4) is 0 Å². The Balaban J connectivity index is 1.78. The molecule has 2 aliphatic heterocycles. The molecule has 4 rings (SSSR count). The molecule has 0 unspecified atom stereocenters. The number of hydrogen-bond acceptors (Lipinski definition) is 5. The summed E-state index contributed by atoms with van der Waals surface area (Å²) in [6, 6.07) is 12.7. The molecule has 0 bridgehead atoms. The van der Waals surface area contributed by atoms with Crippen molar-refractivity contribution in [3.8, 4) is 5.75 Å². The van der Waals surface area contributed by atoms with Crippen molar-refractivity contribution in [1.82, 2.24) is 9.80 Å². The topological polar surface area (TPSA) is 53.1 Å². The Morgan fingerprint density at radius 3 is 2.25 bits per heavy atom. The zero-order chi connectivity index (χ0) is 22.8. The van der Waals surface area contributed by atoms with Crippen LogP contribution >= 0.6 is 11.6 Å². The Labute approximate surface area is 194 Å². The number of likely N-dealkylation sites (N-methyl/N-ethyl adjacent to an activating group) is 1. The highest BCUT2D eigenvalue weighted by molar-refractivity contribution is 6.46. The first kappa shape index (κ1) is 22.4. The standard InChI is InChI=1S/C25H28ClN3O3/c1-4-27-13-15-28(16-14-27)23-22(18-9-11-19(12-10-18)32-5-2)24(30)29(25(23)31)21-8-6-7-20(26)17(21)3/h6-12H,4-5,13-16H2,1-3H3. The van der Waals surface area contributed by atoms with E-state index in [4.69, 9.17) is 16.3 Å². The number of halogens is 1. The van der Waals surface area contributed by atoms with Gasteiger partial charge in [0.2, 0.25) is 0 Å². The molecular weight excluding hydrogens is 426 g/mol. The van der Waals surface area contributed by atoms with Gasteiger partial charge in [0.25, 0.3) is 11.8 Å². The van der Waals surface area contributed by atoms with Gasteiger partial charge in [0.1, 0.15) is 11.4 Å². The molecule has 168 valence electrons. The summed E-state index contributed by atoms with van der Waals surface area (Å²) in [7, 11) is 0. The van der Waals surface area contributed by atoms with Crippen LogP contribution in [0, 0.1) is 6.92 Å². The van der Waals surface area contributed by atoms with Crippen LogP contribution in [0.15, 0.2) is 48.2 Å². The minimum Gasteiger partial charge on any atom is -0.494 e. The summed E-state index contributed by atoms with van der Waals surface area (Å²) < 4.78 is 5.55. The first-order valence-electron chi connectivity index (χ1n) is 11.0. The zero-order valence-corrected chi connectivity index (χ0v) is 19.5. The van der Waals surface area contributed by atoms with Crippen molar-refractivity contribution >= 4 is 34.7 Å². The average Bonchev–Trinajstić information content (AvgIpc) is 3.06. The van der Waals surface area contributed by atoms with Crippen molar-refractivity contribution in [2.24, 2.45) is 0 Å². The van der Waals surface area contributed by atoms with E-state index < -0.39 is 0 Å². The molecule has 0 aliphatic carbocycles. The Hall–Kier alpha value is -2.83. The van der Waals surface area contributed by atoms with Crippen LogP contribution in [0.25, 0.3) is 5.57 Å². The second-order valence-electron chi connectivity index (χ2n) is 7.93. The number of nitrogens with zero attached hydrogens (tertiary/aromatic N) is 3. The largest absolute Gasteiger partial charge is 0.494 e. The van der Waals surface area contributed by atoms with Gasteiger partial charge in [0.05, 0.1) is 17.9 Å². The van der Waals surface area contributed by atoms with Gasteiger partial charge in [-0.15, -0.1) is 0 Å². The summed E-state index contributed by atoms with van der Waals surface area (Å²) in [4.78, 5) is 33.1. The van der Waals surface area contributed by atoms with Gasteiger partial charge in [-0.3, -0.25) is 9.59 Å². The Morgan fingerprint density at radius 1 is 0.938 bits per heavy atom. The van der Waals surface area contributed by atoms with Crippen LogP contribution < -0.4 is 9.64 Å². The first-order chi connectivity index (χ1) is 15.5. The molecule has 2 amide bonds. The fourth-order valence-corrected chi connectivity index (χ4v) is 4.47. The molecule has 2 aromatic rings. The molecule has 0 aromatic heterocycles. The van der Waals surface area contributed by atoms with Gasteiger partial charge in [-0.05, 0) is 55.8 Å². The zero-order valence-electron chi connectivity index (χ0n) is 18.7. The van der Waals surface area contributed by atoms with E-state index in [9.17, 15) is 9.59 Å². The molecule has 2 aliphatic rings. The number of imide groups is 1. The smallest absolute Gasteiger partial charge is 0.282 e. The maximum Gasteiger partial charge on any atom is 0.282 e. The average molecular weight is 454 g/mol. The van der Waals surface area contributed by atoms with Gasteiger partial charge in [-0.25, -0.2) is 4.90 Å². The lowest BCUT2D eigenvalue weighted by Crippen LogP contribution is -2.47. The number of carbonyl (C=O) groups is 2. The second-order valence-corrected chi connectivity index (χ2v) is 8.34. The molecule has 7 heteroatoms. The molecule has 0 radical (unpaired) electrons. The molecule has 32 heavy (non-hydrogen) atoms. The normalized spacial score (nSPS) is 17.5. The van der Waals surface area contributed by atoms with Crippen LogP contribution in [0.1, 0.15) is 25.0 Å². The van der Waals surface area contributed by atoms with E-state index in [0.29, 0.717) is 52.8 Å². The molecule has 0 spiro atoms. The number of hydrogen-bond donors (Lipinski definition) is 0. The third-order valence-corrected chi connectivity index (χ3v) is 6.54. The van der Waals surface area contributed by atoms with Crippen molar-refractivity contribution in [2.75, 3.05) is 44.2 Å². The van der Waals surface area contributed by atoms with Gasteiger partial charge in [-0.1, -0.05) is 36.7 Å². The van der Waals surface area contributed by atoms with Gasteiger partial charge in [0.15, 0.2) is 0 Å². The molecular formula is C25H28ClN3O3. The fourth-order valence-electron chi connectivity index (χ4n) is 4.30. The highest BCUT2D eigenvalue weighted by atomic mass is 35.5. The van der Waals surface area contributed by atoms with E-state index in [-0.39, 0.29) is 11.8 Å². The van der Waals surface area contributed by atoms with Gasteiger partial charge < -0.3 is 14.5 Å². The maximum absolute atomic E-state index is 13.7. The molecule has 0 saturated carbocycles. The molecule has 0 N–H and O–H groups in total. The lowest BCUT2D eigenvalue weighted by atomic mass is 10.0. The Morgan fingerprint density at radius 2 is 1.62 bits per heavy atom. The van der Waals surface area contributed by atoms with Crippen LogP contribution in [-0.4, -0.2) is 60.9 Å². The summed E-state index contributed by atoms with van der Waals surface area (Å²) in [5.41, 5.74) is 2.84. The van der Waals surface area contributed by atoms with Gasteiger partial charge >= 0.3 is 0 Å². The third-order valence-electron chi connectivity index (χ3n) is 6.13. The molecule has 6 nitrogen and oxygen atoms in total. The third kappa shape index (κ3) is 4.00. The highest BCUT2D eigenvalue weighted by Gasteiger charge is 2.43. The van der Waals surface area contributed by atoms with E-state index in [1.54, 1.807) is 18.2 Å². The summed E-state index contributed by atoms with van der Waals surface area (Å²) >= 11 is 6.31. The number of piperazine rings is 1. The number of benzene rings is 2. The van der Waals surface area contributed by atoms with Crippen molar-refractivity contribution in [3.05, 3.63) is 64.3 Å². The second kappa shape index (κ2) is 9.35. The van der Waals surface area contributed by atoms with Crippen LogP contribution in [-0.2, 0) is 9.59 Å². The SMILES string of the molecule is CCOc1ccc(C2=C(N3CCN(CC)CC3)C(=O)N(c3cccc(Cl)c3C)C2=O)cc1. The summed E-state index contributed by atoms with van der Waals surface area (Å²) in [6.07, 6.45) is 0. The van der Waals surface area contributed by atoms with Crippen molar-refractivity contribution in [1.29, 1.82) is 0 Å². The summed E-state index contributed by atoms with van der Waals surface area (Å²) in [5, 5.41) is 0.524. The highest BCUT2D eigenvalue weighted by Crippen LogP contribution is 2.38. The molecule has 2 heterocycles. The Bertz CT molecular complexity index is 1060. The molecule has 0 atom stereocenters. The fraction of sp³-hybridized carbons (Fsp3) is 0.360. The van der Waals surface area contributed by atoms with Crippen molar-refractivity contribution in [2.45, 2.75) is 20.8 Å². The predicted molar refractivity (Wildman–Crippen MR) is 127 cm³/mol. The lowest BCUT2D eigenvalue weighted by Gasteiger charge is -2.36. The van der Waals surface area contributed by atoms with E-state index >= 15 is 0 Å². The number of anilines is 1. The number of rotatable bonds is 6. The van der Waals surface area contributed by atoms with Gasteiger partial charge in [-0.2, -0.15) is 0 Å². The Kier molecular flexibility index (Phi) is 6.53. The van der Waals surface area contributed by atoms with Crippen LogP contribution in [0.5, 0.6) is 5.75 Å². The molecule has 1 saturated heterocycles. The van der Waals surface area contributed by atoms with Crippen molar-refractivity contribution in [3.63, 3.8) is 0 Å². The summed E-state index contributed by atoms with van der Waals surface area (Å²) in [5.74, 6) is 0.112. The molecule has 1 fully saturated rings. The van der Waals surface area contributed by atoms with E-state index in [0.717, 1.165) is 25.4 Å². The van der Waals surface area contributed by atoms with Gasteiger partial charge in [0, 0.05) is 31.2 Å².